The summed E-state index contributed by atoms with van der Waals surface area (Å²) in [5.41, 5.74) is -0.893. The minimum absolute atomic E-state index is 0.176. The van der Waals surface area contributed by atoms with Gasteiger partial charge < -0.3 is 5.11 Å². The van der Waals surface area contributed by atoms with Crippen molar-refractivity contribution in [2.45, 2.75) is 11.8 Å². The van der Waals surface area contributed by atoms with Gasteiger partial charge in [0, 0.05) is 5.33 Å². The van der Waals surface area contributed by atoms with Crippen LogP contribution < -0.4 is 0 Å². The summed E-state index contributed by atoms with van der Waals surface area (Å²) in [7, 11) is 0. The van der Waals surface area contributed by atoms with E-state index in [2.05, 4.69) is 36.8 Å². The number of halogens is 4. The Morgan fingerprint density at radius 2 is 2.20 bits per heavy atom. The molecule has 0 aliphatic carbocycles. The van der Waals surface area contributed by atoms with Gasteiger partial charge in [0.1, 0.15) is 10.3 Å². The first kappa shape index (κ1) is 12.5. The van der Waals surface area contributed by atoms with Crippen molar-refractivity contribution >= 4 is 37.8 Å². The molecule has 1 N–H and O–H groups in total. The molecule has 0 bridgehead atoms. The van der Waals surface area contributed by atoms with Gasteiger partial charge in [-0.25, -0.2) is 18.6 Å². The number of hydrogen-bond donors (Lipinski definition) is 1. The number of carboxylic acid groups (broad SMARTS) is 1. The zero-order valence-corrected chi connectivity index (χ0v) is 10.3. The minimum atomic E-state index is -2.91. The van der Waals surface area contributed by atoms with Gasteiger partial charge in [0.2, 0.25) is 0 Å². The number of hydrogen-bond acceptors (Lipinski definition) is 2. The molecule has 0 spiro atoms. The van der Waals surface area contributed by atoms with Crippen LogP contribution in [-0.2, 0) is 5.33 Å². The first-order chi connectivity index (χ1) is 6.97. The fraction of sp³-hybridized carbons (Fsp3) is 0.250. The molecule has 0 aromatic carbocycles. The molecule has 0 aliphatic rings. The summed E-state index contributed by atoms with van der Waals surface area (Å²) in [5.74, 6) is -1.40. The molecule has 0 unspecified atom stereocenters. The van der Waals surface area contributed by atoms with E-state index < -0.39 is 23.7 Å². The van der Waals surface area contributed by atoms with Crippen molar-refractivity contribution in [2.24, 2.45) is 0 Å². The highest BCUT2D eigenvalue weighted by Crippen LogP contribution is 2.27. The first-order valence-corrected chi connectivity index (χ1v) is 5.65. The highest BCUT2D eigenvalue weighted by molar-refractivity contribution is 9.10. The van der Waals surface area contributed by atoms with E-state index in [9.17, 15) is 13.6 Å². The van der Waals surface area contributed by atoms with Crippen LogP contribution >= 0.6 is 31.9 Å². The number of rotatable bonds is 3. The molecule has 15 heavy (non-hydrogen) atoms. The zero-order valence-electron chi connectivity index (χ0n) is 7.18. The minimum Gasteiger partial charge on any atom is -0.478 e. The third kappa shape index (κ3) is 2.72. The van der Waals surface area contributed by atoms with Crippen molar-refractivity contribution in [3.8, 4) is 0 Å². The molecule has 1 rings (SSSR count). The maximum atomic E-state index is 12.5. The van der Waals surface area contributed by atoms with Crippen LogP contribution in [0, 0.1) is 0 Å². The summed E-state index contributed by atoms with van der Waals surface area (Å²) >= 11 is 5.98. The lowest BCUT2D eigenvalue weighted by molar-refractivity contribution is 0.0681. The average molecular weight is 345 g/mol. The van der Waals surface area contributed by atoms with E-state index in [4.69, 9.17) is 5.11 Å². The van der Waals surface area contributed by atoms with Gasteiger partial charge in [-0.2, -0.15) is 0 Å². The van der Waals surface area contributed by atoms with Crippen LogP contribution in [0.2, 0.25) is 0 Å². The second kappa shape index (κ2) is 4.98. The van der Waals surface area contributed by atoms with Gasteiger partial charge in [-0.05, 0) is 27.6 Å². The van der Waals surface area contributed by atoms with Crippen LogP contribution in [0.3, 0.4) is 0 Å². The monoisotopic (exact) mass is 343 g/mol. The highest BCUT2D eigenvalue weighted by Gasteiger charge is 2.23. The Morgan fingerprint density at radius 1 is 1.60 bits per heavy atom. The smallest absolute Gasteiger partial charge is 0.338 e. The third-order valence-electron chi connectivity index (χ3n) is 1.66. The summed E-state index contributed by atoms with van der Waals surface area (Å²) < 4.78 is 25.2. The zero-order chi connectivity index (χ0) is 11.6. The van der Waals surface area contributed by atoms with E-state index in [-0.39, 0.29) is 15.5 Å². The molecular weight excluding hydrogens is 340 g/mol. The number of aromatic carboxylic acids is 1. The Balaban J connectivity index is 3.47. The van der Waals surface area contributed by atoms with Gasteiger partial charge >= 0.3 is 5.97 Å². The van der Waals surface area contributed by atoms with Gasteiger partial charge in [0.15, 0.2) is 0 Å². The summed E-state index contributed by atoms with van der Waals surface area (Å²) in [6, 6.07) is 1.39. The van der Waals surface area contributed by atoms with E-state index in [0.717, 1.165) is 0 Å². The summed E-state index contributed by atoms with van der Waals surface area (Å²) in [5, 5.41) is 8.98. The van der Waals surface area contributed by atoms with Gasteiger partial charge in [-0.3, -0.25) is 0 Å². The quantitative estimate of drug-likeness (QED) is 0.675. The molecule has 0 saturated carbocycles. The maximum absolute atomic E-state index is 12.5. The van der Waals surface area contributed by atoms with Gasteiger partial charge in [-0.15, -0.1) is 0 Å². The lowest BCUT2D eigenvalue weighted by Gasteiger charge is -2.09. The molecular formula is C8H5Br2F2NO2. The van der Waals surface area contributed by atoms with Gasteiger partial charge in [0.25, 0.3) is 6.43 Å². The molecule has 0 radical (unpaired) electrons. The Hall–Kier alpha value is -0.560. The van der Waals surface area contributed by atoms with Gasteiger partial charge in [0.05, 0.1) is 5.56 Å². The average Bonchev–Trinajstić information content (AvgIpc) is 2.15. The van der Waals surface area contributed by atoms with Crippen LogP contribution in [0.1, 0.15) is 28.0 Å². The summed E-state index contributed by atoms with van der Waals surface area (Å²) in [6.07, 6.45) is -2.91. The van der Waals surface area contributed by atoms with E-state index in [0.29, 0.717) is 0 Å². The first-order valence-electron chi connectivity index (χ1n) is 3.74. The molecule has 3 nitrogen and oxygen atoms in total. The normalized spacial score (nSPS) is 10.7. The second-order valence-corrected chi connectivity index (χ2v) is 3.98. The molecule has 0 atom stereocenters. The predicted molar refractivity (Wildman–Crippen MR) is 56.5 cm³/mol. The van der Waals surface area contributed by atoms with Crippen molar-refractivity contribution in [2.75, 3.05) is 0 Å². The number of carbonyl (C=O) groups is 1. The van der Waals surface area contributed by atoms with E-state index >= 15 is 0 Å². The molecule has 0 fully saturated rings. The third-order valence-corrected chi connectivity index (χ3v) is 2.67. The number of nitrogens with zero attached hydrogens (tertiary/aromatic N) is 1. The Bertz CT molecular complexity index is 398. The maximum Gasteiger partial charge on any atom is 0.338 e. The molecule has 7 heteroatoms. The van der Waals surface area contributed by atoms with Crippen molar-refractivity contribution in [1.82, 2.24) is 4.98 Å². The van der Waals surface area contributed by atoms with E-state index in [1.165, 1.54) is 6.07 Å². The van der Waals surface area contributed by atoms with Crippen molar-refractivity contribution in [1.29, 1.82) is 0 Å². The summed E-state index contributed by atoms with van der Waals surface area (Å²) in [6.45, 7) is 0. The van der Waals surface area contributed by atoms with Crippen molar-refractivity contribution < 1.29 is 18.7 Å². The number of alkyl halides is 3. The second-order valence-electron chi connectivity index (χ2n) is 2.60. The van der Waals surface area contributed by atoms with E-state index in [1.807, 2.05) is 0 Å². The van der Waals surface area contributed by atoms with Crippen molar-refractivity contribution in [3.05, 3.63) is 27.5 Å². The highest BCUT2D eigenvalue weighted by atomic mass is 79.9. The molecule has 1 aromatic rings. The lowest BCUT2D eigenvalue weighted by atomic mass is 10.1. The molecule has 0 amide bonds. The Kier molecular flexibility index (Phi) is 4.15. The number of pyridine rings is 1. The van der Waals surface area contributed by atoms with Crippen LogP contribution in [-0.4, -0.2) is 16.1 Å². The summed E-state index contributed by atoms with van der Waals surface area (Å²) in [4.78, 5) is 14.3. The predicted octanol–water partition coefficient (Wildman–Crippen LogP) is 3.37. The van der Waals surface area contributed by atoms with E-state index in [1.54, 1.807) is 0 Å². The van der Waals surface area contributed by atoms with Crippen molar-refractivity contribution in [3.63, 3.8) is 0 Å². The molecule has 1 aromatic heterocycles. The number of carboxylic acids is 1. The van der Waals surface area contributed by atoms with Crippen LogP contribution in [0.25, 0.3) is 0 Å². The SMILES string of the molecule is O=C(O)c1c(CBr)cc(Br)nc1C(F)F. The largest absolute Gasteiger partial charge is 0.478 e. The standard InChI is InChI=1S/C8H5Br2F2NO2/c9-2-3-1-4(10)13-6(7(11)12)5(3)8(14)15/h1,7H,2H2,(H,14,15). The molecule has 82 valence electrons. The molecule has 0 saturated heterocycles. The Morgan fingerprint density at radius 3 is 2.60 bits per heavy atom. The topological polar surface area (TPSA) is 50.2 Å². The Labute approximate surface area is 101 Å². The fourth-order valence-electron chi connectivity index (χ4n) is 1.09. The molecule has 0 aliphatic heterocycles. The van der Waals surface area contributed by atoms with Crippen LogP contribution in [0.4, 0.5) is 8.78 Å². The lowest BCUT2D eigenvalue weighted by Crippen LogP contribution is -2.09. The fourth-order valence-corrected chi connectivity index (χ4v) is 2.00. The van der Waals surface area contributed by atoms with Crippen LogP contribution in [0.15, 0.2) is 10.7 Å². The van der Waals surface area contributed by atoms with Gasteiger partial charge in [-0.1, -0.05) is 15.9 Å². The van der Waals surface area contributed by atoms with Crippen LogP contribution in [0.5, 0.6) is 0 Å². The molecule has 1 heterocycles. The number of aromatic nitrogens is 1.